The maximum absolute atomic E-state index is 13.2. The first kappa shape index (κ1) is 11.7. The van der Waals surface area contributed by atoms with Gasteiger partial charge in [-0.1, -0.05) is 28.1 Å². The molecule has 0 aliphatic carbocycles. The van der Waals surface area contributed by atoms with E-state index in [1.165, 1.54) is 12.1 Å². The van der Waals surface area contributed by atoms with E-state index in [-0.39, 0.29) is 16.5 Å². The van der Waals surface area contributed by atoms with E-state index in [2.05, 4.69) is 15.9 Å². The summed E-state index contributed by atoms with van der Waals surface area (Å²) in [7, 11) is 0. The van der Waals surface area contributed by atoms with Crippen LogP contribution in [-0.2, 0) is 5.88 Å². The van der Waals surface area contributed by atoms with Crippen molar-refractivity contribution in [3.63, 3.8) is 0 Å². The lowest BCUT2D eigenvalue weighted by molar-refractivity contribution is 0.0995. The van der Waals surface area contributed by atoms with E-state index in [0.29, 0.717) is 11.1 Å². The topological polar surface area (TPSA) is 17.1 Å². The summed E-state index contributed by atoms with van der Waals surface area (Å²) in [4.78, 5) is 11.1. The predicted molar refractivity (Wildman–Crippen MR) is 58.7 cm³/mol. The Morgan fingerprint density at radius 3 is 2.71 bits per heavy atom. The molecule has 0 amide bonds. The van der Waals surface area contributed by atoms with Crippen LogP contribution < -0.4 is 0 Å². The minimum absolute atomic E-state index is 0.115. The number of halogens is 3. The van der Waals surface area contributed by atoms with E-state index in [0.717, 1.165) is 0 Å². The highest BCUT2D eigenvalue weighted by Gasteiger charge is 2.13. The van der Waals surface area contributed by atoms with Crippen molar-refractivity contribution in [3.8, 4) is 0 Å². The van der Waals surface area contributed by atoms with Crippen LogP contribution in [0, 0.1) is 5.82 Å². The van der Waals surface area contributed by atoms with Gasteiger partial charge in [-0.3, -0.25) is 4.79 Å². The molecule has 0 N–H and O–H groups in total. The second-order valence-electron chi connectivity index (χ2n) is 2.92. The van der Waals surface area contributed by atoms with Gasteiger partial charge >= 0.3 is 0 Å². The number of ketones is 1. The minimum atomic E-state index is -0.431. The third-order valence-corrected chi connectivity index (χ3v) is 2.55. The summed E-state index contributed by atoms with van der Waals surface area (Å²) in [5.74, 6) is -0.450. The summed E-state index contributed by atoms with van der Waals surface area (Å²) in [5.41, 5.74) is 0.770. The third kappa shape index (κ3) is 2.55. The average molecular weight is 280 g/mol. The van der Waals surface area contributed by atoms with Crippen molar-refractivity contribution in [3.05, 3.63) is 35.1 Å². The zero-order chi connectivity index (χ0) is 10.7. The van der Waals surface area contributed by atoms with Crippen molar-refractivity contribution in [2.75, 3.05) is 0 Å². The fourth-order valence-electron chi connectivity index (χ4n) is 1.04. The summed E-state index contributed by atoms with van der Waals surface area (Å²) in [6, 6.07) is 4.34. The highest BCUT2D eigenvalue weighted by atomic mass is 79.9. The van der Waals surface area contributed by atoms with Gasteiger partial charge in [0.25, 0.3) is 0 Å². The molecule has 1 atom stereocenters. The zero-order valence-electron chi connectivity index (χ0n) is 7.56. The zero-order valence-corrected chi connectivity index (χ0v) is 9.90. The normalized spacial score (nSPS) is 12.6. The summed E-state index contributed by atoms with van der Waals surface area (Å²) in [5, 5.41) is 0. The van der Waals surface area contributed by atoms with Crippen LogP contribution in [0.25, 0.3) is 0 Å². The second kappa shape index (κ2) is 4.89. The molecule has 0 aliphatic heterocycles. The second-order valence-corrected chi connectivity index (χ2v) is 4.56. The van der Waals surface area contributed by atoms with Gasteiger partial charge in [-0.05, 0) is 13.0 Å². The maximum Gasteiger partial charge on any atom is 0.176 e. The van der Waals surface area contributed by atoms with E-state index in [1.54, 1.807) is 13.0 Å². The van der Waals surface area contributed by atoms with Crippen molar-refractivity contribution in [2.24, 2.45) is 0 Å². The molecule has 0 aliphatic rings. The molecular formula is C10H9BrClFO. The number of benzene rings is 1. The lowest BCUT2D eigenvalue weighted by Gasteiger charge is -2.04. The van der Waals surface area contributed by atoms with Crippen molar-refractivity contribution < 1.29 is 9.18 Å². The monoisotopic (exact) mass is 278 g/mol. The van der Waals surface area contributed by atoms with Crippen LogP contribution >= 0.6 is 27.5 Å². The Balaban J connectivity index is 3.03. The number of hydrogen-bond acceptors (Lipinski definition) is 1. The molecule has 1 aromatic carbocycles. The lowest BCUT2D eigenvalue weighted by Crippen LogP contribution is -2.10. The van der Waals surface area contributed by atoms with Crippen molar-refractivity contribution >= 4 is 33.3 Å². The van der Waals surface area contributed by atoms with E-state index < -0.39 is 5.82 Å². The number of carbonyl (C=O) groups excluding carboxylic acids is 1. The Bertz CT molecular complexity index is 352. The van der Waals surface area contributed by atoms with Gasteiger partial charge in [-0.15, -0.1) is 11.6 Å². The molecule has 0 fully saturated rings. The molecule has 0 aromatic heterocycles. The van der Waals surface area contributed by atoms with Gasteiger partial charge in [0.05, 0.1) is 10.7 Å². The minimum Gasteiger partial charge on any atom is -0.293 e. The molecule has 0 heterocycles. The fourth-order valence-corrected chi connectivity index (χ4v) is 1.52. The fraction of sp³-hybridized carbons (Fsp3) is 0.300. The number of carbonyl (C=O) groups is 1. The van der Waals surface area contributed by atoms with Crippen LogP contribution in [0.3, 0.4) is 0 Å². The summed E-state index contributed by atoms with van der Waals surface area (Å²) < 4.78 is 13.2. The predicted octanol–water partition coefficient (Wildman–Crippen LogP) is 3.53. The van der Waals surface area contributed by atoms with Gasteiger partial charge in [0.15, 0.2) is 5.78 Å². The standard InChI is InChI=1S/C10H9BrClFO/c1-6(11)10(14)7-2-3-8(5-12)9(13)4-7/h2-4,6H,5H2,1H3. The van der Waals surface area contributed by atoms with Gasteiger partial charge in [-0.2, -0.15) is 0 Å². The highest BCUT2D eigenvalue weighted by molar-refractivity contribution is 9.10. The van der Waals surface area contributed by atoms with Gasteiger partial charge in [0, 0.05) is 11.1 Å². The molecule has 0 radical (unpaired) electrons. The van der Waals surface area contributed by atoms with Crippen LogP contribution in [0.4, 0.5) is 4.39 Å². The Labute approximate surface area is 95.4 Å². The van der Waals surface area contributed by atoms with Gasteiger partial charge < -0.3 is 0 Å². The van der Waals surface area contributed by atoms with E-state index in [4.69, 9.17) is 11.6 Å². The lowest BCUT2D eigenvalue weighted by atomic mass is 10.1. The third-order valence-electron chi connectivity index (χ3n) is 1.84. The number of Topliss-reactive ketones (excluding diaryl/α,β-unsaturated/α-hetero) is 1. The Hall–Kier alpha value is -0.410. The molecule has 1 unspecified atom stereocenters. The molecule has 0 saturated heterocycles. The first-order valence-corrected chi connectivity index (χ1v) is 5.54. The average Bonchev–Trinajstić information content (AvgIpc) is 2.16. The molecule has 0 bridgehead atoms. The molecule has 1 rings (SSSR count). The molecule has 1 aromatic rings. The number of hydrogen-bond donors (Lipinski definition) is 0. The largest absolute Gasteiger partial charge is 0.293 e. The highest BCUT2D eigenvalue weighted by Crippen LogP contribution is 2.15. The molecule has 4 heteroatoms. The molecule has 1 nitrogen and oxygen atoms in total. The molecule has 0 saturated carbocycles. The Kier molecular flexibility index (Phi) is 4.08. The van der Waals surface area contributed by atoms with Crippen LogP contribution in [0.2, 0.25) is 0 Å². The van der Waals surface area contributed by atoms with Crippen LogP contribution in [0.15, 0.2) is 18.2 Å². The van der Waals surface area contributed by atoms with Gasteiger partial charge in [0.2, 0.25) is 0 Å². The van der Waals surface area contributed by atoms with Crippen LogP contribution in [0.1, 0.15) is 22.8 Å². The maximum atomic E-state index is 13.2. The molecule has 14 heavy (non-hydrogen) atoms. The Morgan fingerprint density at radius 2 is 2.29 bits per heavy atom. The number of alkyl halides is 2. The van der Waals surface area contributed by atoms with Crippen molar-refractivity contribution in [1.29, 1.82) is 0 Å². The van der Waals surface area contributed by atoms with Gasteiger partial charge in [0.1, 0.15) is 5.82 Å². The van der Waals surface area contributed by atoms with E-state index >= 15 is 0 Å². The van der Waals surface area contributed by atoms with Crippen LogP contribution in [-0.4, -0.2) is 10.6 Å². The van der Waals surface area contributed by atoms with Crippen molar-refractivity contribution in [2.45, 2.75) is 17.6 Å². The van der Waals surface area contributed by atoms with Gasteiger partial charge in [-0.25, -0.2) is 4.39 Å². The van der Waals surface area contributed by atoms with Crippen molar-refractivity contribution in [1.82, 2.24) is 0 Å². The summed E-state index contributed by atoms with van der Waals surface area (Å²) in [6.45, 7) is 1.70. The Morgan fingerprint density at radius 1 is 1.64 bits per heavy atom. The molecule has 0 spiro atoms. The molecule has 76 valence electrons. The van der Waals surface area contributed by atoms with Crippen LogP contribution in [0.5, 0.6) is 0 Å². The van der Waals surface area contributed by atoms with E-state index in [1.807, 2.05) is 0 Å². The summed E-state index contributed by atoms with van der Waals surface area (Å²) in [6.07, 6.45) is 0. The summed E-state index contributed by atoms with van der Waals surface area (Å²) >= 11 is 8.63. The smallest absolute Gasteiger partial charge is 0.176 e. The SMILES string of the molecule is CC(Br)C(=O)c1ccc(CCl)c(F)c1. The van der Waals surface area contributed by atoms with E-state index in [9.17, 15) is 9.18 Å². The molecular weight excluding hydrogens is 270 g/mol. The first-order chi connectivity index (χ1) is 6.56. The number of rotatable bonds is 3. The first-order valence-electron chi connectivity index (χ1n) is 4.09. The quantitative estimate of drug-likeness (QED) is 0.611.